The van der Waals surface area contributed by atoms with Crippen LogP contribution in [0.1, 0.15) is 6.42 Å². The molecule has 1 amide bonds. The molecule has 1 fully saturated rings. The maximum Gasteiger partial charge on any atom is 0.490 e. The highest BCUT2D eigenvalue weighted by Gasteiger charge is 2.38. The van der Waals surface area contributed by atoms with Crippen molar-refractivity contribution in [3.63, 3.8) is 0 Å². The van der Waals surface area contributed by atoms with Crippen LogP contribution in [0.5, 0.6) is 0 Å². The Morgan fingerprint density at radius 2 is 1.93 bits per heavy atom. The molecule has 0 bridgehead atoms. The van der Waals surface area contributed by atoms with E-state index < -0.39 is 22.2 Å². The number of rotatable bonds is 8. The zero-order valence-electron chi connectivity index (χ0n) is 16.2. The number of hydrogen-bond donors (Lipinski definition) is 2. The summed E-state index contributed by atoms with van der Waals surface area (Å²) in [6.07, 6.45) is -4.53. The van der Waals surface area contributed by atoms with Crippen molar-refractivity contribution in [3.05, 3.63) is 17.5 Å². The predicted molar refractivity (Wildman–Crippen MR) is 103 cm³/mol. The van der Waals surface area contributed by atoms with E-state index in [4.69, 9.17) is 14.6 Å². The largest absolute Gasteiger partial charge is 0.490 e. The van der Waals surface area contributed by atoms with Gasteiger partial charge in [-0.1, -0.05) is 6.07 Å². The number of piperazine rings is 1. The summed E-state index contributed by atoms with van der Waals surface area (Å²) in [6.45, 7) is 3.32. The van der Waals surface area contributed by atoms with Crippen LogP contribution in [0.3, 0.4) is 0 Å². The quantitative estimate of drug-likeness (QED) is 0.535. The highest BCUT2D eigenvalue weighted by atomic mass is 32.2. The number of carboxylic acids is 1. The minimum absolute atomic E-state index is 0.121. The Bertz CT molecular complexity index is 766. The molecular weight excluding hydrogens is 451 g/mol. The third kappa shape index (κ3) is 8.55. The third-order valence-corrected chi connectivity index (χ3v) is 7.09. The van der Waals surface area contributed by atoms with Gasteiger partial charge in [0.1, 0.15) is 4.21 Å². The van der Waals surface area contributed by atoms with Gasteiger partial charge in [0.25, 0.3) is 10.0 Å². The summed E-state index contributed by atoms with van der Waals surface area (Å²) < 4.78 is 63.7. The number of carbonyl (C=O) groups is 2. The van der Waals surface area contributed by atoms with Gasteiger partial charge in [-0.25, -0.2) is 13.2 Å². The average molecular weight is 476 g/mol. The van der Waals surface area contributed by atoms with Gasteiger partial charge in [-0.2, -0.15) is 17.5 Å². The number of nitrogens with one attached hydrogen (secondary N) is 1. The van der Waals surface area contributed by atoms with E-state index >= 15 is 0 Å². The number of aliphatic carboxylic acids is 1. The molecule has 1 saturated heterocycles. The highest BCUT2D eigenvalue weighted by molar-refractivity contribution is 7.91. The minimum atomic E-state index is -5.08. The zero-order valence-corrected chi connectivity index (χ0v) is 17.9. The molecule has 2 rings (SSSR count). The molecule has 14 heteroatoms. The first-order valence-electron chi connectivity index (χ1n) is 8.81. The van der Waals surface area contributed by atoms with Crippen LogP contribution < -0.4 is 5.32 Å². The van der Waals surface area contributed by atoms with Gasteiger partial charge >= 0.3 is 12.1 Å². The number of carbonyl (C=O) groups excluding carboxylic acids is 1. The summed E-state index contributed by atoms with van der Waals surface area (Å²) in [6, 6.07) is 3.27. The standard InChI is InChI=1S/C14H23N3O4S2.C2HF3O2/c1-21-10-3-7-17(23(19,20)14-4-2-11-22-14)12-13(18)16-8-5-15-6-9-16;3-2(4,5)1(6)7/h2,4,11,15H,3,5-10,12H2,1H3;(H,6,7). The maximum absolute atomic E-state index is 12.7. The Labute approximate surface area is 176 Å². The lowest BCUT2D eigenvalue weighted by Gasteiger charge is -2.30. The fourth-order valence-electron chi connectivity index (χ4n) is 2.37. The topological polar surface area (TPSA) is 116 Å². The van der Waals surface area contributed by atoms with Crippen LogP contribution in [0.15, 0.2) is 21.7 Å². The Kier molecular flexibility index (Phi) is 10.7. The van der Waals surface area contributed by atoms with Crippen molar-refractivity contribution in [2.45, 2.75) is 16.8 Å². The summed E-state index contributed by atoms with van der Waals surface area (Å²) in [4.78, 5) is 23.0. The molecule has 2 N–H and O–H groups in total. The molecule has 0 atom stereocenters. The minimum Gasteiger partial charge on any atom is -0.475 e. The van der Waals surface area contributed by atoms with Crippen molar-refractivity contribution in [1.29, 1.82) is 0 Å². The molecule has 2 heterocycles. The van der Waals surface area contributed by atoms with E-state index in [1.807, 2.05) is 0 Å². The fourth-order valence-corrected chi connectivity index (χ4v) is 4.94. The lowest BCUT2D eigenvalue weighted by atomic mass is 10.3. The van der Waals surface area contributed by atoms with Gasteiger partial charge in [-0.05, 0) is 17.9 Å². The molecule has 30 heavy (non-hydrogen) atoms. The molecule has 0 unspecified atom stereocenters. The fraction of sp³-hybridized carbons (Fsp3) is 0.625. The Hall–Kier alpha value is -1.74. The van der Waals surface area contributed by atoms with E-state index in [1.54, 1.807) is 29.5 Å². The number of nitrogens with zero attached hydrogens (tertiary/aromatic N) is 2. The second kappa shape index (κ2) is 12.2. The molecule has 1 aliphatic heterocycles. The first-order valence-corrected chi connectivity index (χ1v) is 11.1. The highest BCUT2D eigenvalue weighted by Crippen LogP contribution is 2.21. The van der Waals surface area contributed by atoms with Crippen molar-refractivity contribution < 1.29 is 41.0 Å². The molecule has 1 aromatic rings. The van der Waals surface area contributed by atoms with Crippen LogP contribution in [0, 0.1) is 0 Å². The summed E-state index contributed by atoms with van der Waals surface area (Å²) in [5, 5.41) is 12.0. The SMILES string of the molecule is COCCCN(CC(=O)N1CCNCC1)S(=O)(=O)c1cccs1.O=C(O)C(F)(F)F. The van der Waals surface area contributed by atoms with Crippen LogP contribution in [-0.2, 0) is 24.3 Å². The number of sulfonamides is 1. The molecule has 1 aliphatic rings. The summed E-state index contributed by atoms with van der Waals surface area (Å²) in [7, 11) is -2.07. The number of thiophene rings is 1. The van der Waals surface area contributed by atoms with Gasteiger partial charge in [0.15, 0.2) is 0 Å². The normalized spacial score (nSPS) is 14.9. The average Bonchev–Trinajstić information content (AvgIpc) is 3.23. The molecule has 0 spiro atoms. The molecule has 172 valence electrons. The number of methoxy groups -OCH3 is 1. The lowest BCUT2D eigenvalue weighted by Crippen LogP contribution is -2.50. The van der Waals surface area contributed by atoms with E-state index in [9.17, 15) is 26.4 Å². The predicted octanol–water partition coefficient (Wildman–Crippen LogP) is 0.840. The second-order valence-corrected chi connectivity index (χ2v) is 9.16. The van der Waals surface area contributed by atoms with Gasteiger partial charge in [-0.15, -0.1) is 11.3 Å². The van der Waals surface area contributed by atoms with Crippen LogP contribution in [0.25, 0.3) is 0 Å². The van der Waals surface area contributed by atoms with Crippen molar-refractivity contribution in [2.24, 2.45) is 0 Å². The van der Waals surface area contributed by atoms with Crippen molar-refractivity contribution in [3.8, 4) is 0 Å². The molecule has 9 nitrogen and oxygen atoms in total. The lowest BCUT2D eigenvalue weighted by molar-refractivity contribution is -0.192. The van der Waals surface area contributed by atoms with Crippen molar-refractivity contribution in [1.82, 2.24) is 14.5 Å². The van der Waals surface area contributed by atoms with Crippen LogP contribution >= 0.6 is 11.3 Å². The van der Waals surface area contributed by atoms with Gasteiger partial charge in [0.05, 0.1) is 6.54 Å². The van der Waals surface area contributed by atoms with Crippen molar-refractivity contribution >= 4 is 33.2 Å². The van der Waals surface area contributed by atoms with E-state index in [1.165, 1.54) is 4.31 Å². The smallest absolute Gasteiger partial charge is 0.475 e. The second-order valence-electron chi connectivity index (χ2n) is 6.05. The number of ether oxygens (including phenoxy) is 1. The third-order valence-electron chi connectivity index (χ3n) is 3.87. The first kappa shape index (κ1) is 26.3. The van der Waals surface area contributed by atoms with Crippen LogP contribution in [0.2, 0.25) is 0 Å². The van der Waals surface area contributed by atoms with Crippen LogP contribution in [0.4, 0.5) is 13.2 Å². The number of hydrogen-bond acceptors (Lipinski definition) is 7. The van der Waals surface area contributed by atoms with Gasteiger partial charge in [0, 0.05) is 46.4 Å². The molecule has 0 aromatic carbocycles. The van der Waals surface area contributed by atoms with E-state index in [0.717, 1.165) is 24.4 Å². The van der Waals surface area contributed by atoms with E-state index in [2.05, 4.69) is 5.32 Å². The van der Waals surface area contributed by atoms with Crippen molar-refractivity contribution in [2.75, 3.05) is 53.0 Å². The van der Waals surface area contributed by atoms with E-state index in [0.29, 0.717) is 26.1 Å². The van der Waals surface area contributed by atoms with Gasteiger partial charge in [0.2, 0.25) is 5.91 Å². The van der Waals surface area contributed by atoms with Crippen LogP contribution in [-0.4, -0.2) is 93.8 Å². The zero-order chi connectivity index (χ0) is 22.8. The summed E-state index contributed by atoms with van der Waals surface area (Å²) in [5.41, 5.74) is 0. The summed E-state index contributed by atoms with van der Waals surface area (Å²) >= 11 is 1.16. The Morgan fingerprint density at radius 3 is 2.40 bits per heavy atom. The van der Waals surface area contributed by atoms with E-state index in [-0.39, 0.29) is 23.2 Å². The molecule has 0 aliphatic carbocycles. The summed E-state index contributed by atoms with van der Waals surface area (Å²) in [5.74, 6) is -2.91. The number of amides is 1. The van der Waals surface area contributed by atoms with Gasteiger partial charge < -0.3 is 20.1 Å². The molecule has 0 radical (unpaired) electrons. The Balaban J connectivity index is 0.000000553. The monoisotopic (exact) mass is 475 g/mol. The van der Waals surface area contributed by atoms with Gasteiger partial charge in [-0.3, -0.25) is 4.79 Å². The molecular formula is C16H24F3N3O6S2. The maximum atomic E-state index is 12.7. The number of carboxylic acid groups (broad SMARTS) is 1. The first-order chi connectivity index (χ1) is 14.0. The number of halogens is 3. The Morgan fingerprint density at radius 1 is 1.33 bits per heavy atom. The number of alkyl halides is 3. The molecule has 0 saturated carbocycles. The molecule has 1 aromatic heterocycles.